The van der Waals surface area contributed by atoms with Crippen LogP contribution in [0.3, 0.4) is 0 Å². The molecular formula is C22H19NO5. The number of hydrogen-bond acceptors (Lipinski definition) is 5. The number of nitrogens with zero attached hydrogens (tertiary/aromatic N) is 1. The van der Waals surface area contributed by atoms with Gasteiger partial charge < -0.3 is 19.8 Å². The summed E-state index contributed by atoms with van der Waals surface area (Å²) < 4.78 is 5.15. The molecule has 3 aromatic rings. The zero-order chi connectivity index (χ0) is 19.8. The molecule has 1 aliphatic heterocycles. The van der Waals surface area contributed by atoms with Gasteiger partial charge in [0.15, 0.2) is 6.61 Å². The number of anilines is 1. The molecule has 0 saturated carbocycles. The van der Waals surface area contributed by atoms with Gasteiger partial charge in [-0.2, -0.15) is 0 Å². The van der Waals surface area contributed by atoms with Crippen LogP contribution in [0.25, 0.3) is 10.8 Å². The van der Waals surface area contributed by atoms with Gasteiger partial charge in [0.2, 0.25) is 0 Å². The fraction of sp³-hybridized carbons (Fsp3) is 0.182. The summed E-state index contributed by atoms with van der Waals surface area (Å²) in [4.78, 5) is 26.7. The number of carbonyl (C=O) groups is 2. The number of phenols is 2. The van der Waals surface area contributed by atoms with Crippen LogP contribution in [0.1, 0.15) is 22.8 Å². The quantitative estimate of drug-likeness (QED) is 0.540. The Balaban J connectivity index is 1.53. The zero-order valence-electron chi connectivity index (χ0n) is 15.3. The number of carbonyl (C=O) groups excluding carboxylic acids is 2. The van der Waals surface area contributed by atoms with E-state index in [-0.39, 0.29) is 29.0 Å². The standard InChI is InChI=1S/C22H19NO5/c1-13-10-14-6-2-5-9-18(14)23(13)20(25)12-28-22(27)17-11-19(24)15-7-3-4-8-16(15)21(17)26/h2-9,11,13,24,26H,10,12H2,1H3. The average molecular weight is 377 g/mol. The van der Waals surface area contributed by atoms with E-state index in [0.717, 1.165) is 23.7 Å². The molecule has 3 aromatic carbocycles. The van der Waals surface area contributed by atoms with Crippen molar-refractivity contribution >= 4 is 28.3 Å². The van der Waals surface area contributed by atoms with Crippen molar-refractivity contribution in [3.63, 3.8) is 0 Å². The van der Waals surface area contributed by atoms with Gasteiger partial charge in [-0.1, -0.05) is 42.5 Å². The molecule has 0 aliphatic carbocycles. The molecule has 0 saturated heterocycles. The minimum absolute atomic E-state index is 0.0262. The molecule has 6 nitrogen and oxygen atoms in total. The van der Waals surface area contributed by atoms with Gasteiger partial charge in [0.1, 0.15) is 17.1 Å². The van der Waals surface area contributed by atoms with Gasteiger partial charge in [0, 0.05) is 22.5 Å². The number of phenolic OH excluding ortho intramolecular Hbond substituents is 2. The van der Waals surface area contributed by atoms with Crippen LogP contribution in [0.4, 0.5) is 5.69 Å². The second-order valence-electron chi connectivity index (χ2n) is 6.86. The molecule has 0 radical (unpaired) electrons. The average Bonchev–Trinajstić information content (AvgIpc) is 3.04. The number of fused-ring (bicyclic) bond motifs is 2. The van der Waals surface area contributed by atoms with E-state index in [0.29, 0.717) is 10.8 Å². The number of amides is 1. The highest BCUT2D eigenvalue weighted by Crippen LogP contribution is 2.36. The minimum Gasteiger partial charge on any atom is -0.507 e. The number of hydrogen-bond donors (Lipinski definition) is 2. The number of ether oxygens (including phenoxy) is 1. The second-order valence-corrected chi connectivity index (χ2v) is 6.86. The van der Waals surface area contributed by atoms with Crippen LogP contribution < -0.4 is 4.90 Å². The molecule has 1 heterocycles. The van der Waals surface area contributed by atoms with Crippen LogP contribution in [-0.2, 0) is 16.0 Å². The second kappa shape index (κ2) is 6.88. The van der Waals surface area contributed by atoms with Gasteiger partial charge in [-0.25, -0.2) is 4.79 Å². The van der Waals surface area contributed by atoms with Gasteiger partial charge in [-0.3, -0.25) is 4.79 Å². The van der Waals surface area contributed by atoms with E-state index in [2.05, 4.69) is 0 Å². The third-order valence-electron chi connectivity index (χ3n) is 5.02. The fourth-order valence-electron chi connectivity index (χ4n) is 3.72. The van der Waals surface area contributed by atoms with E-state index in [1.807, 2.05) is 31.2 Å². The van der Waals surface area contributed by atoms with Crippen molar-refractivity contribution in [2.75, 3.05) is 11.5 Å². The lowest BCUT2D eigenvalue weighted by Crippen LogP contribution is -2.38. The summed E-state index contributed by atoms with van der Waals surface area (Å²) in [5.74, 6) is -1.64. The smallest absolute Gasteiger partial charge is 0.342 e. The molecule has 0 fully saturated rings. The maximum Gasteiger partial charge on any atom is 0.342 e. The molecule has 1 aliphatic rings. The van der Waals surface area contributed by atoms with Crippen molar-refractivity contribution < 1.29 is 24.5 Å². The highest BCUT2D eigenvalue weighted by atomic mass is 16.5. The molecule has 4 rings (SSSR count). The Hall–Kier alpha value is -3.54. The van der Waals surface area contributed by atoms with Crippen molar-refractivity contribution in [2.45, 2.75) is 19.4 Å². The van der Waals surface area contributed by atoms with E-state index in [9.17, 15) is 19.8 Å². The first-order chi connectivity index (χ1) is 13.5. The van der Waals surface area contributed by atoms with Gasteiger partial charge in [0.25, 0.3) is 5.91 Å². The fourth-order valence-corrected chi connectivity index (χ4v) is 3.72. The molecule has 0 bridgehead atoms. The summed E-state index contributed by atoms with van der Waals surface area (Å²) in [5, 5.41) is 21.3. The van der Waals surface area contributed by atoms with Crippen molar-refractivity contribution in [1.29, 1.82) is 0 Å². The van der Waals surface area contributed by atoms with Crippen LogP contribution in [-0.4, -0.2) is 34.7 Å². The first-order valence-electron chi connectivity index (χ1n) is 8.98. The Kier molecular flexibility index (Phi) is 4.39. The maximum atomic E-state index is 12.7. The van der Waals surface area contributed by atoms with E-state index < -0.39 is 12.6 Å². The van der Waals surface area contributed by atoms with Crippen LogP contribution >= 0.6 is 0 Å². The topological polar surface area (TPSA) is 87.1 Å². The molecule has 28 heavy (non-hydrogen) atoms. The lowest BCUT2D eigenvalue weighted by molar-refractivity contribution is -0.122. The van der Waals surface area contributed by atoms with Crippen LogP contribution in [0.5, 0.6) is 11.5 Å². The Labute approximate surface area is 161 Å². The molecule has 1 unspecified atom stereocenters. The summed E-state index contributed by atoms with van der Waals surface area (Å²) in [7, 11) is 0. The molecule has 6 heteroatoms. The molecule has 1 atom stereocenters. The molecule has 142 valence electrons. The number of para-hydroxylation sites is 1. The number of benzene rings is 3. The van der Waals surface area contributed by atoms with Crippen LogP contribution in [0.2, 0.25) is 0 Å². The van der Waals surface area contributed by atoms with Crippen molar-refractivity contribution in [1.82, 2.24) is 0 Å². The number of rotatable bonds is 3. The van der Waals surface area contributed by atoms with Crippen molar-refractivity contribution in [3.05, 3.63) is 65.7 Å². The molecule has 1 amide bonds. The molecule has 2 N–H and O–H groups in total. The van der Waals surface area contributed by atoms with Crippen LogP contribution in [0.15, 0.2) is 54.6 Å². The largest absolute Gasteiger partial charge is 0.507 e. The Morgan fingerprint density at radius 2 is 1.75 bits per heavy atom. The van der Waals surface area contributed by atoms with Gasteiger partial charge in [0.05, 0.1) is 0 Å². The normalized spacial score (nSPS) is 15.5. The van der Waals surface area contributed by atoms with E-state index in [1.54, 1.807) is 29.2 Å². The van der Waals surface area contributed by atoms with Crippen LogP contribution in [0, 0.1) is 0 Å². The zero-order valence-corrected chi connectivity index (χ0v) is 15.3. The summed E-state index contributed by atoms with van der Waals surface area (Å²) in [6.45, 7) is 1.48. The van der Waals surface area contributed by atoms with E-state index in [1.165, 1.54) is 0 Å². The van der Waals surface area contributed by atoms with Gasteiger partial charge in [-0.05, 0) is 31.0 Å². The first-order valence-corrected chi connectivity index (χ1v) is 8.98. The van der Waals surface area contributed by atoms with E-state index in [4.69, 9.17) is 4.74 Å². The third-order valence-corrected chi connectivity index (χ3v) is 5.02. The maximum absolute atomic E-state index is 12.7. The lowest BCUT2D eigenvalue weighted by atomic mass is 10.0. The SMILES string of the molecule is CC1Cc2ccccc2N1C(=O)COC(=O)c1cc(O)c2ccccc2c1O. The predicted molar refractivity (Wildman–Crippen MR) is 105 cm³/mol. The summed E-state index contributed by atoms with van der Waals surface area (Å²) in [5.41, 5.74) is 1.72. The Morgan fingerprint density at radius 1 is 1.07 bits per heavy atom. The summed E-state index contributed by atoms with van der Waals surface area (Å²) in [6.07, 6.45) is 0.745. The molecular weight excluding hydrogens is 358 g/mol. The summed E-state index contributed by atoms with van der Waals surface area (Å²) in [6, 6.07) is 15.4. The monoisotopic (exact) mass is 377 g/mol. The number of esters is 1. The van der Waals surface area contributed by atoms with Crippen molar-refractivity contribution in [2.24, 2.45) is 0 Å². The van der Waals surface area contributed by atoms with E-state index >= 15 is 0 Å². The first kappa shape index (κ1) is 17.9. The third kappa shape index (κ3) is 2.93. The minimum atomic E-state index is -0.868. The van der Waals surface area contributed by atoms with Gasteiger partial charge >= 0.3 is 5.97 Å². The predicted octanol–water partition coefficient (Wildman–Crippen LogP) is 3.39. The highest BCUT2D eigenvalue weighted by Gasteiger charge is 2.31. The number of aromatic hydroxyl groups is 2. The van der Waals surface area contributed by atoms with Crippen molar-refractivity contribution in [3.8, 4) is 11.5 Å². The Morgan fingerprint density at radius 3 is 2.54 bits per heavy atom. The van der Waals surface area contributed by atoms with Gasteiger partial charge in [-0.15, -0.1) is 0 Å². The Bertz CT molecular complexity index is 1090. The summed E-state index contributed by atoms with van der Waals surface area (Å²) >= 11 is 0. The lowest BCUT2D eigenvalue weighted by Gasteiger charge is -2.22. The highest BCUT2D eigenvalue weighted by molar-refractivity contribution is 6.05. The molecule has 0 aromatic heterocycles. The molecule has 0 spiro atoms.